The van der Waals surface area contributed by atoms with Crippen LogP contribution in [0.25, 0.3) is 0 Å². The van der Waals surface area contributed by atoms with Crippen LogP contribution in [0.15, 0.2) is 42.5 Å². The van der Waals surface area contributed by atoms with Crippen LogP contribution in [0.5, 0.6) is 0 Å². The van der Waals surface area contributed by atoms with E-state index in [0.717, 1.165) is 17.7 Å². The standard InChI is InChI=1S/C16H13F2NO3/c1-22-16(21)11-4-2-10(3-5-11)9-19-15(20)12-6-13(17)8-14(18)7-12/h2-8H,9H2,1H3,(H,19,20). The van der Waals surface area contributed by atoms with Crippen molar-refractivity contribution < 1.29 is 23.1 Å². The predicted molar refractivity (Wildman–Crippen MR) is 75.3 cm³/mol. The highest BCUT2D eigenvalue weighted by Crippen LogP contribution is 2.09. The van der Waals surface area contributed by atoms with Crippen molar-refractivity contribution in [3.63, 3.8) is 0 Å². The molecule has 22 heavy (non-hydrogen) atoms. The van der Waals surface area contributed by atoms with E-state index in [1.165, 1.54) is 7.11 Å². The lowest BCUT2D eigenvalue weighted by Gasteiger charge is -2.06. The van der Waals surface area contributed by atoms with E-state index < -0.39 is 23.5 Å². The van der Waals surface area contributed by atoms with E-state index in [0.29, 0.717) is 11.6 Å². The second-order valence-electron chi connectivity index (χ2n) is 4.53. The molecule has 6 heteroatoms. The number of amides is 1. The minimum absolute atomic E-state index is 0.0938. The predicted octanol–water partition coefficient (Wildman–Crippen LogP) is 2.68. The fourth-order valence-corrected chi connectivity index (χ4v) is 1.85. The summed E-state index contributed by atoms with van der Waals surface area (Å²) in [5.74, 6) is -2.67. The Morgan fingerprint density at radius 3 is 2.14 bits per heavy atom. The zero-order valence-electron chi connectivity index (χ0n) is 11.7. The van der Waals surface area contributed by atoms with E-state index in [1.54, 1.807) is 24.3 Å². The van der Waals surface area contributed by atoms with Gasteiger partial charge in [-0.05, 0) is 29.8 Å². The van der Waals surface area contributed by atoms with Gasteiger partial charge in [-0.15, -0.1) is 0 Å². The zero-order valence-corrected chi connectivity index (χ0v) is 11.7. The quantitative estimate of drug-likeness (QED) is 0.884. The minimum atomic E-state index is -0.812. The fraction of sp³-hybridized carbons (Fsp3) is 0.125. The number of benzene rings is 2. The van der Waals surface area contributed by atoms with E-state index in [-0.39, 0.29) is 12.1 Å². The molecule has 114 valence electrons. The highest BCUT2D eigenvalue weighted by Gasteiger charge is 2.09. The Bertz CT molecular complexity index is 679. The van der Waals surface area contributed by atoms with Crippen LogP contribution >= 0.6 is 0 Å². The molecule has 0 bridgehead atoms. The Morgan fingerprint density at radius 1 is 1.00 bits per heavy atom. The molecule has 1 amide bonds. The number of nitrogens with one attached hydrogen (secondary N) is 1. The van der Waals surface area contributed by atoms with E-state index in [2.05, 4.69) is 10.1 Å². The fourth-order valence-electron chi connectivity index (χ4n) is 1.85. The van der Waals surface area contributed by atoms with Gasteiger partial charge in [0.25, 0.3) is 5.91 Å². The number of rotatable bonds is 4. The monoisotopic (exact) mass is 305 g/mol. The van der Waals surface area contributed by atoms with Crippen molar-refractivity contribution >= 4 is 11.9 Å². The molecule has 0 radical (unpaired) electrons. The largest absolute Gasteiger partial charge is 0.465 e. The number of hydrogen-bond donors (Lipinski definition) is 1. The molecule has 2 aromatic rings. The van der Waals surface area contributed by atoms with Crippen LogP contribution in [-0.4, -0.2) is 19.0 Å². The summed E-state index contributed by atoms with van der Waals surface area (Å²) in [5.41, 5.74) is 1.03. The first-order valence-corrected chi connectivity index (χ1v) is 6.41. The van der Waals surface area contributed by atoms with E-state index in [1.807, 2.05) is 0 Å². The molecule has 0 aliphatic rings. The summed E-state index contributed by atoms with van der Waals surface area (Å²) in [7, 11) is 1.29. The van der Waals surface area contributed by atoms with Crippen LogP contribution in [0.2, 0.25) is 0 Å². The lowest BCUT2D eigenvalue weighted by Crippen LogP contribution is -2.23. The van der Waals surface area contributed by atoms with Crippen LogP contribution in [0.1, 0.15) is 26.3 Å². The van der Waals surface area contributed by atoms with Gasteiger partial charge in [0.15, 0.2) is 0 Å². The van der Waals surface area contributed by atoms with Crippen LogP contribution < -0.4 is 5.32 Å². The van der Waals surface area contributed by atoms with Gasteiger partial charge in [0.05, 0.1) is 12.7 Å². The molecule has 0 spiro atoms. The van der Waals surface area contributed by atoms with Crippen LogP contribution in [0, 0.1) is 11.6 Å². The maximum atomic E-state index is 13.0. The van der Waals surface area contributed by atoms with Crippen molar-refractivity contribution in [2.45, 2.75) is 6.54 Å². The molecule has 0 fully saturated rings. The highest BCUT2D eigenvalue weighted by molar-refractivity contribution is 5.94. The van der Waals surface area contributed by atoms with Gasteiger partial charge in [-0.2, -0.15) is 0 Å². The molecule has 0 aliphatic carbocycles. The number of esters is 1. The Labute approximate surface area is 125 Å². The molecule has 0 aromatic heterocycles. The number of halogens is 2. The number of carbonyl (C=O) groups is 2. The van der Waals surface area contributed by atoms with E-state index in [4.69, 9.17) is 0 Å². The second kappa shape index (κ2) is 6.80. The molecular formula is C16H13F2NO3. The molecule has 0 unspecified atom stereocenters. The molecule has 0 heterocycles. The van der Waals surface area contributed by atoms with Crippen molar-refractivity contribution in [1.29, 1.82) is 0 Å². The van der Waals surface area contributed by atoms with Gasteiger partial charge < -0.3 is 10.1 Å². The number of hydrogen-bond acceptors (Lipinski definition) is 3. The van der Waals surface area contributed by atoms with Crippen molar-refractivity contribution in [3.8, 4) is 0 Å². The lowest BCUT2D eigenvalue weighted by molar-refractivity contribution is 0.0600. The summed E-state index contributed by atoms with van der Waals surface area (Å²) in [5, 5.41) is 2.54. The van der Waals surface area contributed by atoms with E-state index >= 15 is 0 Å². The molecular weight excluding hydrogens is 292 g/mol. The molecule has 0 atom stereocenters. The molecule has 2 aromatic carbocycles. The maximum absolute atomic E-state index is 13.0. The number of ether oxygens (including phenoxy) is 1. The van der Waals surface area contributed by atoms with Gasteiger partial charge in [-0.1, -0.05) is 12.1 Å². The third-order valence-corrected chi connectivity index (χ3v) is 2.95. The average molecular weight is 305 g/mol. The third-order valence-electron chi connectivity index (χ3n) is 2.95. The van der Waals surface area contributed by atoms with Crippen LogP contribution in [0.4, 0.5) is 8.78 Å². The van der Waals surface area contributed by atoms with Crippen LogP contribution in [0.3, 0.4) is 0 Å². The summed E-state index contributed by atoms with van der Waals surface area (Å²) in [6, 6.07) is 9.04. The summed E-state index contributed by atoms with van der Waals surface area (Å²) >= 11 is 0. The van der Waals surface area contributed by atoms with Gasteiger partial charge in [-0.25, -0.2) is 13.6 Å². The first-order valence-electron chi connectivity index (χ1n) is 6.41. The van der Waals surface area contributed by atoms with Gasteiger partial charge in [0, 0.05) is 18.2 Å². The Kier molecular flexibility index (Phi) is 4.83. The molecule has 2 rings (SSSR count). The summed E-state index contributed by atoms with van der Waals surface area (Å²) in [4.78, 5) is 23.1. The summed E-state index contributed by atoms with van der Waals surface area (Å²) < 4.78 is 30.7. The van der Waals surface area contributed by atoms with Crippen LogP contribution in [-0.2, 0) is 11.3 Å². The first-order chi connectivity index (χ1) is 10.5. The number of methoxy groups -OCH3 is 1. The maximum Gasteiger partial charge on any atom is 0.337 e. The van der Waals surface area contributed by atoms with Crippen molar-refractivity contribution in [1.82, 2.24) is 5.32 Å². The summed E-state index contributed by atoms with van der Waals surface area (Å²) in [6.45, 7) is 0.165. The van der Waals surface area contributed by atoms with Gasteiger partial charge in [-0.3, -0.25) is 4.79 Å². The summed E-state index contributed by atoms with van der Waals surface area (Å²) in [6.07, 6.45) is 0. The lowest BCUT2D eigenvalue weighted by atomic mass is 10.1. The van der Waals surface area contributed by atoms with Crippen molar-refractivity contribution in [2.75, 3.05) is 7.11 Å². The minimum Gasteiger partial charge on any atom is -0.465 e. The Morgan fingerprint density at radius 2 is 1.59 bits per heavy atom. The van der Waals surface area contributed by atoms with Gasteiger partial charge in [0.2, 0.25) is 0 Å². The van der Waals surface area contributed by atoms with Crippen molar-refractivity contribution in [2.24, 2.45) is 0 Å². The molecule has 0 saturated carbocycles. The smallest absolute Gasteiger partial charge is 0.337 e. The molecule has 4 nitrogen and oxygen atoms in total. The Balaban J connectivity index is 2.00. The average Bonchev–Trinajstić information content (AvgIpc) is 2.51. The zero-order chi connectivity index (χ0) is 16.1. The Hall–Kier alpha value is -2.76. The normalized spacial score (nSPS) is 10.1. The molecule has 0 saturated heterocycles. The first kappa shape index (κ1) is 15.6. The second-order valence-corrected chi connectivity index (χ2v) is 4.53. The topological polar surface area (TPSA) is 55.4 Å². The van der Waals surface area contributed by atoms with Gasteiger partial charge >= 0.3 is 5.97 Å². The third kappa shape index (κ3) is 3.88. The molecule has 1 N–H and O–H groups in total. The van der Waals surface area contributed by atoms with Gasteiger partial charge in [0.1, 0.15) is 11.6 Å². The highest BCUT2D eigenvalue weighted by atomic mass is 19.1. The van der Waals surface area contributed by atoms with Crippen molar-refractivity contribution in [3.05, 3.63) is 70.8 Å². The van der Waals surface area contributed by atoms with E-state index in [9.17, 15) is 18.4 Å². The number of carbonyl (C=O) groups excluding carboxylic acids is 2. The SMILES string of the molecule is COC(=O)c1ccc(CNC(=O)c2cc(F)cc(F)c2)cc1. The molecule has 0 aliphatic heterocycles.